The first-order valence-corrected chi connectivity index (χ1v) is 33.4. The topological polar surface area (TPSA) is 0 Å². The number of rotatable bonds is 9. The smallest absolute Gasteiger partial charge is 0.00139 e. The van der Waals surface area contributed by atoms with Crippen LogP contribution in [0.1, 0.15) is 0 Å². The summed E-state index contributed by atoms with van der Waals surface area (Å²) in [7, 11) is 0. The third kappa shape index (κ3) is 9.21. The highest BCUT2D eigenvalue weighted by molar-refractivity contribution is 6.21. The van der Waals surface area contributed by atoms with Crippen LogP contribution in [-0.2, 0) is 0 Å². The van der Waals surface area contributed by atoms with Gasteiger partial charge in [-0.3, -0.25) is 0 Å². The largest absolute Gasteiger partial charge is 0.0622 e. The SMILES string of the molecule is c1ccc(-c2c(-c3ccc(-c4c5ccccc5cc5cc6ccccc6cc45)cc3)c(-c3ccccc3)c(-c3ccc(-c4c5ccccc5cc5cc6ccccc6cc45)cc3)c(-c3ccccc3)c2-c2ccc(-c3c4ccccc4cc4cc5ccccc5cc34)cc2)cc1. The van der Waals surface area contributed by atoms with Gasteiger partial charge >= 0.3 is 0 Å². The first-order chi connectivity index (χ1) is 47.6. The minimum Gasteiger partial charge on any atom is -0.0622 e. The molecule has 0 saturated heterocycles. The first kappa shape index (κ1) is 55.2. The molecule has 444 valence electrons. The van der Waals surface area contributed by atoms with Crippen LogP contribution in [0.15, 0.2) is 364 Å². The minimum atomic E-state index is 1.13. The highest BCUT2D eigenvalue weighted by Gasteiger charge is 2.30. The molecule has 0 aromatic heterocycles. The van der Waals surface area contributed by atoms with E-state index in [1.165, 1.54) is 164 Å². The Kier molecular flexibility index (Phi) is 13.0. The number of fused-ring (bicyclic) bond motifs is 9. The molecule has 0 bridgehead atoms. The van der Waals surface area contributed by atoms with Crippen LogP contribution < -0.4 is 0 Å². The number of hydrogen-bond donors (Lipinski definition) is 0. The zero-order valence-electron chi connectivity index (χ0n) is 52.6. The van der Waals surface area contributed by atoms with Gasteiger partial charge in [0.1, 0.15) is 0 Å². The molecule has 0 radical (unpaired) electrons. The second kappa shape index (κ2) is 22.7. The second-order valence-electron chi connectivity index (χ2n) is 25.8. The average molecular weight is 1210 g/mol. The van der Waals surface area contributed by atoms with E-state index in [0.717, 1.165) is 33.4 Å². The van der Waals surface area contributed by atoms with Crippen molar-refractivity contribution in [1.82, 2.24) is 0 Å². The molecule has 0 heteroatoms. The fourth-order valence-corrected chi connectivity index (χ4v) is 15.9. The van der Waals surface area contributed by atoms with Crippen molar-refractivity contribution in [2.24, 2.45) is 0 Å². The summed E-state index contributed by atoms with van der Waals surface area (Å²) in [5.41, 5.74) is 21.1. The Morgan fingerprint density at radius 2 is 0.260 bits per heavy atom. The van der Waals surface area contributed by atoms with Crippen molar-refractivity contribution >= 4 is 97.0 Å². The lowest BCUT2D eigenvalue weighted by molar-refractivity contribution is 1.51. The van der Waals surface area contributed by atoms with E-state index in [0.29, 0.717) is 0 Å². The van der Waals surface area contributed by atoms with Gasteiger partial charge < -0.3 is 0 Å². The highest BCUT2D eigenvalue weighted by Crippen LogP contribution is 2.57. The summed E-state index contributed by atoms with van der Waals surface area (Å²) in [5, 5.41) is 22.2. The molecular weight excluding hydrogens is 1150 g/mol. The van der Waals surface area contributed by atoms with Crippen molar-refractivity contribution in [1.29, 1.82) is 0 Å². The predicted molar refractivity (Wildman–Crippen MR) is 413 cm³/mol. The van der Waals surface area contributed by atoms with Crippen molar-refractivity contribution in [3.63, 3.8) is 0 Å². The van der Waals surface area contributed by atoms with Gasteiger partial charge in [0.2, 0.25) is 0 Å². The van der Waals surface area contributed by atoms with Crippen LogP contribution >= 0.6 is 0 Å². The second-order valence-corrected chi connectivity index (χ2v) is 25.8. The molecule has 96 heavy (non-hydrogen) atoms. The van der Waals surface area contributed by atoms with Crippen LogP contribution in [-0.4, -0.2) is 0 Å². The van der Waals surface area contributed by atoms with Gasteiger partial charge in [-0.05, 0) is 252 Å². The Labute approximate surface area is 557 Å². The Morgan fingerprint density at radius 1 is 0.0938 bits per heavy atom. The van der Waals surface area contributed by atoms with E-state index in [4.69, 9.17) is 0 Å². The van der Waals surface area contributed by atoms with E-state index in [-0.39, 0.29) is 0 Å². The van der Waals surface area contributed by atoms with Crippen molar-refractivity contribution in [3.8, 4) is 100 Å². The molecule has 0 nitrogen and oxygen atoms in total. The predicted octanol–water partition coefficient (Wildman–Crippen LogP) is 27.1. The van der Waals surface area contributed by atoms with Gasteiger partial charge in [-0.2, -0.15) is 0 Å². The normalized spacial score (nSPS) is 11.8. The maximum atomic E-state index is 2.41. The summed E-state index contributed by atoms with van der Waals surface area (Å²) >= 11 is 0. The molecule has 0 atom stereocenters. The fourth-order valence-electron chi connectivity index (χ4n) is 15.9. The van der Waals surface area contributed by atoms with E-state index in [9.17, 15) is 0 Å². The van der Waals surface area contributed by atoms with Gasteiger partial charge in [0, 0.05) is 0 Å². The maximum absolute atomic E-state index is 2.41. The standard InChI is InChI=1S/C96H60/c1-4-22-61(23-5-1)91-94(67-46-40-64(41-47-67)88-82-37-19-16-34-76(82)55-79-52-70-28-10-13-31-73(70)58-85(79)88)92(62-24-6-2-7-25-62)96(69-50-44-66(45-51-69)90-84-39-21-18-36-78(84)57-81-54-72-30-12-15-33-75(72)60-87(81)90)93(63-26-8-3-9-27-63)95(91)68-48-42-65(43-49-68)89-83-38-20-17-35-77(83)56-80-53-71-29-11-14-32-74(71)59-86(80)89/h1-60H. The molecule has 0 fully saturated rings. The molecule has 19 aromatic rings. The molecule has 0 aliphatic rings. The Hall–Kier alpha value is -12.5. The summed E-state index contributed by atoms with van der Waals surface area (Å²) in [6, 6.07) is 137. The number of hydrogen-bond acceptors (Lipinski definition) is 0. The van der Waals surface area contributed by atoms with Crippen LogP contribution in [0.2, 0.25) is 0 Å². The van der Waals surface area contributed by atoms with Crippen LogP contribution in [0.5, 0.6) is 0 Å². The molecule has 0 aliphatic carbocycles. The maximum Gasteiger partial charge on any atom is -0.00139 e. The third-order valence-electron chi connectivity index (χ3n) is 20.3. The summed E-state index contributed by atoms with van der Waals surface area (Å²) in [6.45, 7) is 0. The molecule has 0 unspecified atom stereocenters. The number of benzene rings is 19. The van der Waals surface area contributed by atoms with Gasteiger partial charge in [0.05, 0.1) is 0 Å². The Balaban J connectivity index is 0.915. The lowest BCUT2D eigenvalue weighted by Gasteiger charge is -2.29. The first-order valence-electron chi connectivity index (χ1n) is 33.4. The van der Waals surface area contributed by atoms with Gasteiger partial charge in [-0.25, -0.2) is 0 Å². The summed E-state index contributed by atoms with van der Waals surface area (Å²) in [5.74, 6) is 0. The van der Waals surface area contributed by atoms with E-state index in [1.54, 1.807) is 0 Å². The fraction of sp³-hybridized carbons (Fsp3) is 0. The third-order valence-corrected chi connectivity index (χ3v) is 20.3. The molecule has 0 spiro atoms. The molecule has 0 aliphatic heterocycles. The Morgan fingerprint density at radius 3 is 0.500 bits per heavy atom. The van der Waals surface area contributed by atoms with Crippen molar-refractivity contribution in [2.75, 3.05) is 0 Å². The highest BCUT2D eigenvalue weighted by atomic mass is 14.3. The van der Waals surface area contributed by atoms with Crippen LogP contribution in [0.3, 0.4) is 0 Å². The zero-order chi connectivity index (χ0) is 63.2. The quantitative estimate of drug-likeness (QED) is 0.126. The average Bonchev–Trinajstić information content (AvgIpc) is 0.717. The van der Waals surface area contributed by atoms with Crippen molar-refractivity contribution < 1.29 is 0 Å². The van der Waals surface area contributed by atoms with Crippen LogP contribution in [0.4, 0.5) is 0 Å². The summed E-state index contributed by atoms with van der Waals surface area (Å²) < 4.78 is 0. The minimum absolute atomic E-state index is 1.13. The van der Waals surface area contributed by atoms with Gasteiger partial charge in [0.15, 0.2) is 0 Å². The summed E-state index contributed by atoms with van der Waals surface area (Å²) in [6.07, 6.45) is 0. The van der Waals surface area contributed by atoms with Gasteiger partial charge in [-0.15, -0.1) is 0 Å². The molecular formula is C96H60. The lowest BCUT2D eigenvalue weighted by atomic mass is 9.74. The monoisotopic (exact) mass is 1210 g/mol. The molecule has 19 rings (SSSR count). The van der Waals surface area contributed by atoms with E-state index >= 15 is 0 Å². The lowest BCUT2D eigenvalue weighted by Crippen LogP contribution is -2.02. The van der Waals surface area contributed by atoms with E-state index < -0.39 is 0 Å². The van der Waals surface area contributed by atoms with E-state index in [2.05, 4.69) is 364 Å². The molecule has 19 aromatic carbocycles. The van der Waals surface area contributed by atoms with Crippen LogP contribution in [0.25, 0.3) is 197 Å². The van der Waals surface area contributed by atoms with Gasteiger partial charge in [-0.1, -0.05) is 309 Å². The molecule has 0 amide bonds. The molecule has 0 N–H and O–H groups in total. The van der Waals surface area contributed by atoms with E-state index in [1.807, 2.05) is 0 Å². The Bertz CT molecular complexity index is 5650. The molecule has 0 saturated carbocycles. The van der Waals surface area contributed by atoms with Crippen molar-refractivity contribution in [3.05, 3.63) is 364 Å². The zero-order valence-corrected chi connectivity index (χ0v) is 52.6. The van der Waals surface area contributed by atoms with Crippen molar-refractivity contribution in [2.45, 2.75) is 0 Å². The van der Waals surface area contributed by atoms with Crippen LogP contribution in [0, 0.1) is 0 Å². The summed E-state index contributed by atoms with van der Waals surface area (Å²) in [4.78, 5) is 0. The van der Waals surface area contributed by atoms with Gasteiger partial charge in [0.25, 0.3) is 0 Å². The molecule has 0 heterocycles.